The highest BCUT2D eigenvalue weighted by atomic mass is 79.9. The van der Waals surface area contributed by atoms with Gasteiger partial charge in [0.1, 0.15) is 12.3 Å². The monoisotopic (exact) mass is 393 g/mol. The summed E-state index contributed by atoms with van der Waals surface area (Å²) < 4.78 is 43.7. The van der Waals surface area contributed by atoms with Crippen LogP contribution in [-0.2, 0) is 11.3 Å². The quantitative estimate of drug-likeness (QED) is 0.689. The van der Waals surface area contributed by atoms with Crippen molar-refractivity contribution in [3.05, 3.63) is 51.0 Å². The van der Waals surface area contributed by atoms with Gasteiger partial charge in [0.15, 0.2) is 0 Å². The number of alkyl halides is 3. The minimum atomic E-state index is -4.47. The molecule has 0 aliphatic carbocycles. The standard InChI is InChI=1S/C14H11BrF3NO2S/c15-12-5-3-11(22-12)4-6-13(20)19(9-14(16,17)18)8-10-2-1-7-21-10/h1-7H,8-9H2/b6-4+. The van der Waals surface area contributed by atoms with Crippen LogP contribution in [0.1, 0.15) is 10.6 Å². The molecular formula is C14H11BrF3NO2S. The van der Waals surface area contributed by atoms with Crippen molar-refractivity contribution in [2.75, 3.05) is 6.54 Å². The molecule has 0 aliphatic heterocycles. The van der Waals surface area contributed by atoms with E-state index in [1.807, 2.05) is 0 Å². The van der Waals surface area contributed by atoms with Gasteiger partial charge in [-0.15, -0.1) is 11.3 Å². The minimum absolute atomic E-state index is 0.232. The predicted molar refractivity (Wildman–Crippen MR) is 81.2 cm³/mol. The van der Waals surface area contributed by atoms with Crippen molar-refractivity contribution >= 4 is 39.2 Å². The lowest BCUT2D eigenvalue weighted by atomic mass is 10.3. The van der Waals surface area contributed by atoms with Crippen molar-refractivity contribution in [2.24, 2.45) is 0 Å². The normalized spacial score (nSPS) is 12.0. The number of hydrogen-bond acceptors (Lipinski definition) is 3. The highest BCUT2D eigenvalue weighted by Gasteiger charge is 2.32. The third-order valence-corrected chi connectivity index (χ3v) is 4.18. The maximum atomic E-state index is 12.6. The van der Waals surface area contributed by atoms with E-state index in [0.29, 0.717) is 10.7 Å². The highest BCUT2D eigenvalue weighted by Crippen LogP contribution is 2.23. The lowest BCUT2D eigenvalue weighted by Crippen LogP contribution is -2.37. The van der Waals surface area contributed by atoms with Gasteiger partial charge in [-0.3, -0.25) is 4.79 Å². The molecule has 118 valence electrons. The van der Waals surface area contributed by atoms with Gasteiger partial charge in [0.05, 0.1) is 16.6 Å². The smallest absolute Gasteiger partial charge is 0.406 e. The molecule has 0 spiro atoms. The summed E-state index contributed by atoms with van der Waals surface area (Å²) in [5.74, 6) is -0.428. The summed E-state index contributed by atoms with van der Waals surface area (Å²) in [6.45, 7) is -1.56. The van der Waals surface area contributed by atoms with Gasteiger partial charge in [-0.1, -0.05) is 0 Å². The van der Waals surface area contributed by atoms with E-state index in [-0.39, 0.29) is 6.54 Å². The molecule has 0 aliphatic rings. The number of furan rings is 1. The zero-order valence-electron chi connectivity index (χ0n) is 11.1. The first-order valence-corrected chi connectivity index (χ1v) is 7.76. The Kier molecular flexibility index (Phi) is 5.47. The van der Waals surface area contributed by atoms with Crippen LogP contribution < -0.4 is 0 Å². The highest BCUT2D eigenvalue weighted by molar-refractivity contribution is 9.11. The Morgan fingerprint density at radius 3 is 2.68 bits per heavy atom. The Morgan fingerprint density at radius 2 is 2.14 bits per heavy atom. The number of carbonyl (C=O) groups is 1. The van der Waals surface area contributed by atoms with E-state index in [0.717, 1.165) is 14.7 Å². The molecule has 0 radical (unpaired) electrons. The van der Waals surface area contributed by atoms with Crippen LogP contribution in [0.25, 0.3) is 6.08 Å². The molecule has 2 rings (SSSR count). The molecular weight excluding hydrogens is 383 g/mol. The number of carbonyl (C=O) groups excluding carboxylic acids is 1. The van der Waals surface area contributed by atoms with Gasteiger partial charge < -0.3 is 9.32 Å². The van der Waals surface area contributed by atoms with Gasteiger partial charge in [0, 0.05) is 11.0 Å². The summed E-state index contributed by atoms with van der Waals surface area (Å²) in [6, 6.07) is 6.64. The van der Waals surface area contributed by atoms with Crippen molar-refractivity contribution in [1.82, 2.24) is 4.90 Å². The van der Waals surface area contributed by atoms with Crippen molar-refractivity contribution < 1.29 is 22.4 Å². The first kappa shape index (κ1) is 16.8. The van der Waals surface area contributed by atoms with Gasteiger partial charge in [-0.05, 0) is 46.3 Å². The number of hydrogen-bond donors (Lipinski definition) is 0. The van der Waals surface area contributed by atoms with Gasteiger partial charge in [-0.2, -0.15) is 13.2 Å². The Labute approximate surface area is 137 Å². The maximum Gasteiger partial charge on any atom is 0.406 e. The average molecular weight is 394 g/mol. The number of thiophene rings is 1. The maximum absolute atomic E-state index is 12.6. The molecule has 0 aromatic carbocycles. The molecule has 2 aromatic rings. The number of nitrogens with zero attached hydrogens (tertiary/aromatic N) is 1. The van der Waals surface area contributed by atoms with E-state index >= 15 is 0 Å². The van der Waals surface area contributed by atoms with E-state index in [1.165, 1.54) is 29.7 Å². The Bertz CT molecular complexity index is 649. The molecule has 0 unspecified atom stereocenters. The molecule has 0 atom stereocenters. The van der Waals surface area contributed by atoms with E-state index < -0.39 is 18.6 Å². The van der Waals surface area contributed by atoms with Crippen LogP contribution in [0.5, 0.6) is 0 Å². The molecule has 8 heteroatoms. The van der Waals surface area contributed by atoms with Crippen molar-refractivity contribution in [3.8, 4) is 0 Å². The summed E-state index contributed by atoms with van der Waals surface area (Å²) in [7, 11) is 0. The largest absolute Gasteiger partial charge is 0.467 e. The van der Waals surface area contributed by atoms with Crippen LogP contribution in [0.2, 0.25) is 0 Å². The fourth-order valence-electron chi connectivity index (χ4n) is 1.70. The summed E-state index contributed by atoms with van der Waals surface area (Å²) in [6.07, 6.45) is -0.497. The number of amides is 1. The zero-order valence-corrected chi connectivity index (χ0v) is 13.5. The summed E-state index contributed by atoms with van der Waals surface area (Å²) >= 11 is 4.65. The summed E-state index contributed by atoms with van der Waals surface area (Å²) in [5, 5.41) is 0. The fraction of sp³-hybridized carbons (Fsp3) is 0.214. The Hall–Kier alpha value is -1.54. The summed E-state index contributed by atoms with van der Waals surface area (Å²) in [4.78, 5) is 13.5. The van der Waals surface area contributed by atoms with Gasteiger partial charge >= 0.3 is 6.18 Å². The molecule has 2 aromatic heterocycles. The molecule has 22 heavy (non-hydrogen) atoms. The van der Waals surface area contributed by atoms with E-state index in [2.05, 4.69) is 15.9 Å². The van der Waals surface area contributed by atoms with Crippen LogP contribution in [0, 0.1) is 0 Å². The lowest BCUT2D eigenvalue weighted by Gasteiger charge is -2.21. The van der Waals surface area contributed by atoms with Crippen LogP contribution in [0.4, 0.5) is 13.2 Å². The first-order valence-electron chi connectivity index (χ1n) is 6.15. The Morgan fingerprint density at radius 1 is 1.36 bits per heavy atom. The predicted octanol–water partition coefficient (Wildman–Crippen LogP) is 4.71. The van der Waals surface area contributed by atoms with Crippen LogP contribution in [0.15, 0.2) is 44.8 Å². The van der Waals surface area contributed by atoms with Crippen LogP contribution in [0.3, 0.4) is 0 Å². The van der Waals surface area contributed by atoms with Gasteiger partial charge in [0.2, 0.25) is 5.91 Å². The van der Waals surface area contributed by atoms with Gasteiger partial charge in [0.25, 0.3) is 0 Å². The second kappa shape index (κ2) is 7.15. The third kappa shape index (κ3) is 5.34. The zero-order chi connectivity index (χ0) is 16.2. The molecule has 0 saturated carbocycles. The molecule has 3 nitrogen and oxygen atoms in total. The third-order valence-electron chi connectivity index (χ3n) is 2.59. The molecule has 0 N–H and O–H groups in total. The second-order valence-corrected chi connectivity index (χ2v) is 6.86. The van der Waals surface area contributed by atoms with Gasteiger partial charge in [-0.25, -0.2) is 0 Å². The minimum Gasteiger partial charge on any atom is -0.467 e. The number of halogens is 4. The molecule has 1 amide bonds. The summed E-state index contributed by atoms with van der Waals surface area (Å²) in [5.41, 5.74) is 0. The Balaban J connectivity index is 2.09. The SMILES string of the molecule is O=C(/C=C/c1ccc(Br)s1)N(Cc1ccco1)CC(F)(F)F. The lowest BCUT2D eigenvalue weighted by molar-refractivity contribution is -0.159. The van der Waals surface area contributed by atoms with E-state index in [4.69, 9.17) is 4.42 Å². The first-order chi connectivity index (χ1) is 10.3. The molecule has 0 saturated heterocycles. The van der Waals surface area contributed by atoms with Crippen LogP contribution in [-0.4, -0.2) is 23.5 Å². The second-order valence-electron chi connectivity index (χ2n) is 4.36. The van der Waals surface area contributed by atoms with E-state index in [9.17, 15) is 18.0 Å². The van der Waals surface area contributed by atoms with Crippen LogP contribution >= 0.6 is 27.3 Å². The van der Waals surface area contributed by atoms with E-state index in [1.54, 1.807) is 18.2 Å². The van der Waals surface area contributed by atoms with Crippen molar-refractivity contribution in [2.45, 2.75) is 12.7 Å². The number of rotatable bonds is 5. The van der Waals surface area contributed by atoms with Crippen molar-refractivity contribution in [1.29, 1.82) is 0 Å². The average Bonchev–Trinajstić information content (AvgIpc) is 3.05. The fourth-order valence-corrected chi connectivity index (χ4v) is 3.02. The topological polar surface area (TPSA) is 33.5 Å². The molecule has 0 fully saturated rings. The molecule has 2 heterocycles. The van der Waals surface area contributed by atoms with Crippen molar-refractivity contribution in [3.63, 3.8) is 0 Å². The molecule has 0 bridgehead atoms.